The maximum absolute atomic E-state index is 6.26. The molecule has 1 N–H and O–H groups in total. The van der Waals surface area contributed by atoms with Crippen molar-refractivity contribution < 1.29 is 0 Å². The van der Waals surface area contributed by atoms with E-state index >= 15 is 0 Å². The molecule has 4 aromatic carbocycles. The molecule has 4 aromatic rings. The Kier molecular flexibility index (Phi) is 3.64. The summed E-state index contributed by atoms with van der Waals surface area (Å²) in [6.07, 6.45) is 0. The first-order valence-corrected chi connectivity index (χ1v) is 8.08. The highest BCUT2D eigenvalue weighted by Crippen LogP contribution is 2.30. The van der Waals surface area contributed by atoms with Crippen LogP contribution in [0.5, 0.6) is 0 Å². The minimum atomic E-state index is 0.742. The van der Waals surface area contributed by atoms with Crippen molar-refractivity contribution in [2.24, 2.45) is 0 Å². The SMILES string of the molecule is Clc1ccccc1NCc1c2ccccc2cc2ccccc12. The van der Waals surface area contributed by atoms with Crippen LogP contribution in [-0.2, 0) is 6.54 Å². The maximum atomic E-state index is 6.26. The van der Waals surface area contributed by atoms with Crippen molar-refractivity contribution in [3.63, 3.8) is 0 Å². The van der Waals surface area contributed by atoms with Gasteiger partial charge in [0.05, 0.1) is 10.7 Å². The van der Waals surface area contributed by atoms with Gasteiger partial charge in [-0.25, -0.2) is 0 Å². The second-order valence-electron chi connectivity index (χ2n) is 5.63. The summed E-state index contributed by atoms with van der Waals surface area (Å²) in [6.45, 7) is 0.742. The summed E-state index contributed by atoms with van der Waals surface area (Å²) in [5.74, 6) is 0. The Morgan fingerprint density at radius 1 is 0.696 bits per heavy atom. The quantitative estimate of drug-likeness (QED) is 0.440. The van der Waals surface area contributed by atoms with E-state index in [1.807, 2.05) is 24.3 Å². The Labute approximate surface area is 140 Å². The van der Waals surface area contributed by atoms with Crippen molar-refractivity contribution in [2.75, 3.05) is 5.32 Å². The molecule has 4 rings (SSSR count). The molecule has 0 aliphatic carbocycles. The topological polar surface area (TPSA) is 12.0 Å². The maximum Gasteiger partial charge on any atom is 0.0637 e. The van der Waals surface area contributed by atoms with Gasteiger partial charge >= 0.3 is 0 Å². The van der Waals surface area contributed by atoms with Crippen LogP contribution in [0.4, 0.5) is 5.69 Å². The molecule has 0 saturated heterocycles. The van der Waals surface area contributed by atoms with Gasteiger partial charge in [-0.05, 0) is 45.3 Å². The van der Waals surface area contributed by atoms with Gasteiger partial charge in [-0.2, -0.15) is 0 Å². The van der Waals surface area contributed by atoms with Crippen LogP contribution in [0.3, 0.4) is 0 Å². The lowest BCUT2D eigenvalue weighted by atomic mass is 9.97. The van der Waals surface area contributed by atoms with E-state index in [9.17, 15) is 0 Å². The van der Waals surface area contributed by atoms with E-state index < -0.39 is 0 Å². The van der Waals surface area contributed by atoms with E-state index in [2.05, 4.69) is 59.9 Å². The average molecular weight is 318 g/mol. The van der Waals surface area contributed by atoms with E-state index in [0.717, 1.165) is 17.3 Å². The lowest BCUT2D eigenvalue weighted by Crippen LogP contribution is -2.01. The van der Waals surface area contributed by atoms with Crippen LogP contribution in [0, 0.1) is 0 Å². The minimum Gasteiger partial charge on any atom is -0.380 e. The standard InChI is InChI=1S/C21H16ClN/c22-20-11-5-6-12-21(20)23-14-19-17-9-3-1-7-15(17)13-16-8-2-4-10-18(16)19/h1-13,23H,14H2. The van der Waals surface area contributed by atoms with Gasteiger partial charge in [0.15, 0.2) is 0 Å². The Bertz CT molecular complexity index is 937. The van der Waals surface area contributed by atoms with Crippen LogP contribution in [0.25, 0.3) is 21.5 Å². The average Bonchev–Trinajstić information content (AvgIpc) is 2.60. The normalized spacial score (nSPS) is 11.0. The van der Waals surface area contributed by atoms with Gasteiger partial charge in [0.1, 0.15) is 0 Å². The molecular weight excluding hydrogens is 302 g/mol. The van der Waals surface area contributed by atoms with Gasteiger partial charge in [0.25, 0.3) is 0 Å². The van der Waals surface area contributed by atoms with Gasteiger partial charge < -0.3 is 5.32 Å². The molecule has 0 bridgehead atoms. The molecule has 0 fully saturated rings. The van der Waals surface area contributed by atoms with Crippen LogP contribution < -0.4 is 5.32 Å². The molecule has 0 aromatic heterocycles. The molecule has 1 nitrogen and oxygen atoms in total. The first-order valence-electron chi connectivity index (χ1n) is 7.71. The third-order valence-electron chi connectivity index (χ3n) is 4.21. The fourth-order valence-electron chi connectivity index (χ4n) is 3.09. The Balaban J connectivity index is 1.84. The zero-order chi connectivity index (χ0) is 15.6. The van der Waals surface area contributed by atoms with Crippen LogP contribution in [0.15, 0.2) is 78.9 Å². The Morgan fingerprint density at radius 2 is 1.26 bits per heavy atom. The molecule has 0 heterocycles. The van der Waals surface area contributed by atoms with Crippen molar-refractivity contribution in [3.05, 3.63) is 89.4 Å². The number of anilines is 1. The van der Waals surface area contributed by atoms with Crippen molar-refractivity contribution in [3.8, 4) is 0 Å². The minimum absolute atomic E-state index is 0.742. The molecule has 0 spiro atoms. The molecule has 0 radical (unpaired) electrons. The number of fused-ring (bicyclic) bond motifs is 2. The summed E-state index contributed by atoms with van der Waals surface area (Å²) in [5.41, 5.74) is 2.27. The molecule has 0 aliphatic rings. The lowest BCUT2D eigenvalue weighted by molar-refractivity contribution is 1.18. The summed E-state index contributed by atoms with van der Waals surface area (Å²) in [7, 11) is 0. The number of nitrogens with one attached hydrogen (secondary N) is 1. The second-order valence-corrected chi connectivity index (χ2v) is 6.04. The number of benzene rings is 4. The summed E-state index contributed by atoms with van der Waals surface area (Å²) in [5, 5.41) is 9.33. The van der Waals surface area contributed by atoms with Crippen molar-refractivity contribution in [1.82, 2.24) is 0 Å². The van der Waals surface area contributed by atoms with Crippen molar-refractivity contribution in [1.29, 1.82) is 0 Å². The highest BCUT2D eigenvalue weighted by Gasteiger charge is 2.08. The van der Waals surface area contributed by atoms with E-state index in [1.54, 1.807) is 0 Å². The Hall–Kier alpha value is -2.51. The summed E-state index contributed by atoms with van der Waals surface area (Å²) < 4.78 is 0. The first kappa shape index (κ1) is 14.1. The zero-order valence-corrected chi connectivity index (χ0v) is 13.3. The monoisotopic (exact) mass is 317 g/mol. The lowest BCUT2D eigenvalue weighted by Gasteiger charge is -2.14. The highest BCUT2D eigenvalue weighted by molar-refractivity contribution is 6.33. The molecule has 2 heteroatoms. The van der Waals surface area contributed by atoms with E-state index in [0.29, 0.717) is 0 Å². The number of halogens is 1. The van der Waals surface area contributed by atoms with E-state index in [-0.39, 0.29) is 0 Å². The predicted molar refractivity (Wildman–Crippen MR) is 100 cm³/mol. The van der Waals surface area contributed by atoms with Gasteiger partial charge in [-0.15, -0.1) is 0 Å². The van der Waals surface area contributed by atoms with Crippen molar-refractivity contribution in [2.45, 2.75) is 6.54 Å². The van der Waals surface area contributed by atoms with Crippen LogP contribution in [0.2, 0.25) is 5.02 Å². The predicted octanol–water partition coefficient (Wildman–Crippen LogP) is 6.26. The van der Waals surface area contributed by atoms with Gasteiger partial charge in [-0.1, -0.05) is 72.3 Å². The number of para-hydroxylation sites is 1. The molecular formula is C21H16ClN. The molecule has 0 amide bonds. The van der Waals surface area contributed by atoms with E-state index in [4.69, 9.17) is 11.6 Å². The number of rotatable bonds is 3. The molecule has 0 aliphatic heterocycles. The first-order chi connectivity index (χ1) is 11.3. The molecule has 0 unspecified atom stereocenters. The van der Waals surface area contributed by atoms with Crippen LogP contribution in [-0.4, -0.2) is 0 Å². The molecule has 23 heavy (non-hydrogen) atoms. The third-order valence-corrected chi connectivity index (χ3v) is 4.54. The molecule has 112 valence electrons. The number of hydrogen-bond donors (Lipinski definition) is 1. The fourth-order valence-corrected chi connectivity index (χ4v) is 3.29. The smallest absolute Gasteiger partial charge is 0.0637 e. The molecule has 0 atom stereocenters. The van der Waals surface area contributed by atoms with Crippen LogP contribution in [0.1, 0.15) is 5.56 Å². The highest BCUT2D eigenvalue weighted by atomic mass is 35.5. The summed E-state index contributed by atoms with van der Waals surface area (Å²) in [6, 6.07) is 27.2. The molecule has 0 saturated carbocycles. The van der Waals surface area contributed by atoms with Gasteiger partial charge in [0, 0.05) is 6.54 Å². The third kappa shape index (κ3) is 2.64. The van der Waals surface area contributed by atoms with E-state index in [1.165, 1.54) is 27.1 Å². The van der Waals surface area contributed by atoms with Crippen LogP contribution >= 0.6 is 11.6 Å². The summed E-state index contributed by atoms with van der Waals surface area (Å²) >= 11 is 6.26. The second kappa shape index (κ2) is 5.94. The summed E-state index contributed by atoms with van der Waals surface area (Å²) in [4.78, 5) is 0. The Morgan fingerprint density at radius 3 is 1.91 bits per heavy atom. The van der Waals surface area contributed by atoms with Gasteiger partial charge in [0.2, 0.25) is 0 Å². The van der Waals surface area contributed by atoms with Gasteiger partial charge in [-0.3, -0.25) is 0 Å². The fraction of sp³-hybridized carbons (Fsp3) is 0.0476. The number of hydrogen-bond acceptors (Lipinski definition) is 1. The largest absolute Gasteiger partial charge is 0.380 e. The van der Waals surface area contributed by atoms with Crippen molar-refractivity contribution >= 4 is 38.8 Å². The zero-order valence-electron chi connectivity index (χ0n) is 12.6.